The maximum atomic E-state index is 13.5. The molecular formula is C20H21F3N2O4S. The average molecular weight is 442 g/mol. The van der Waals surface area contributed by atoms with Crippen LogP contribution in [-0.2, 0) is 27.8 Å². The molecule has 0 N–H and O–H groups in total. The molecule has 3 rings (SSSR count). The highest BCUT2D eigenvalue weighted by atomic mass is 32.2. The Hall–Kier alpha value is -2.75. The lowest BCUT2D eigenvalue weighted by Crippen LogP contribution is -2.41. The summed E-state index contributed by atoms with van der Waals surface area (Å²) in [6.07, 6.45) is -0.608. The van der Waals surface area contributed by atoms with Crippen LogP contribution >= 0.6 is 0 Å². The van der Waals surface area contributed by atoms with Crippen LogP contribution in [0.25, 0.3) is 0 Å². The summed E-state index contributed by atoms with van der Waals surface area (Å²) in [5, 5.41) is 0. The van der Waals surface area contributed by atoms with E-state index >= 15 is 0 Å². The summed E-state index contributed by atoms with van der Waals surface area (Å²) in [6.45, 7) is 3.07. The number of amides is 1. The van der Waals surface area contributed by atoms with E-state index in [-0.39, 0.29) is 24.3 Å². The van der Waals surface area contributed by atoms with Crippen LogP contribution in [0.15, 0.2) is 54.6 Å². The fraction of sp³-hybridized carbons (Fsp3) is 0.350. The molecule has 0 unspecified atom stereocenters. The van der Waals surface area contributed by atoms with Gasteiger partial charge in [0, 0.05) is 0 Å². The number of halogens is 3. The summed E-state index contributed by atoms with van der Waals surface area (Å²) in [7, 11) is -5.68. The Labute approximate surface area is 172 Å². The molecule has 0 saturated carbocycles. The minimum absolute atomic E-state index is 0.0862. The molecule has 1 aliphatic heterocycles. The highest BCUT2D eigenvalue weighted by Crippen LogP contribution is 2.35. The summed E-state index contributed by atoms with van der Waals surface area (Å²) in [5.74, 6) is 0. The maximum Gasteiger partial charge on any atom is 0.516 e. The van der Waals surface area contributed by atoms with Crippen molar-refractivity contribution in [1.82, 2.24) is 4.90 Å². The number of nitrogens with zero attached hydrogens (tertiary/aromatic N) is 2. The molecule has 6 nitrogen and oxygen atoms in total. The van der Waals surface area contributed by atoms with Crippen LogP contribution < -0.4 is 4.31 Å². The number of hydrogen-bond acceptors (Lipinski definition) is 4. The molecule has 1 amide bonds. The third-order valence-corrected chi connectivity index (χ3v) is 6.06. The number of para-hydroxylation sites is 1. The van der Waals surface area contributed by atoms with Crippen molar-refractivity contribution < 1.29 is 31.1 Å². The van der Waals surface area contributed by atoms with E-state index in [2.05, 4.69) is 0 Å². The number of sulfonamides is 1. The van der Waals surface area contributed by atoms with Crippen LogP contribution in [0.3, 0.4) is 0 Å². The maximum absolute atomic E-state index is 13.5. The molecule has 1 aliphatic rings. The van der Waals surface area contributed by atoms with E-state index in [0.717, 1.165) is 0 Å². The molecule has 0 aliphatic carbocycles. The lowest BCUT2D eigenvalue weighted by molar-refractivity contribution is -0.0438. The minimum Gasteiger partial charge on any atom is -0.441 e. The molecule has 0 bridgehead atoms. The van der Waals surface area contributed by atoms with Gasteiger partial charge in [-0.3, -0.25) is 9.21 Å². The van der Waals surface area contributed by atoms with Gasteiger partial charge >= 0.3 is 21.6 Å². The summed E-state index contributed by atoms with van der Waals surface area (Å²) in [4.78, 5) is 13.4. The van der Waals surface area contributed by atoms with Crippen molar-refractivity contribution in [3.8, 4) is 0 Å². The lowest BCUT2D eigenvalue weighted by Gasteiger charge is -2.28. The second kappa shape index (κ2) is 7.82. The monoisotopic (exact) mass is 442 g/mol. The third-order valence-electron chi connectivity index (χ3n) is 4.57. The van der Waals surface area contributed by atoms with Gasteiger partial charge in [-0.1, -0.05) is 48.5 Å². The van der Waals surface area contributed by atoms with Crippen LogP contribution in [0.2, 0.25) is 0 Å². The highest BCUT2D eigenvalue weighted by Gasteiger charge is 2.50. The van der Waals surface area contributed by atoms with Gasteiger partial charge in [0.05, 0.1) is 25.3 Å². The molecule has 10 heteroatoms. The van der Waals surface area contributed by atoms with Crippen LogP contribution in [0, 0.1) is 0 Å². The van der Waals surface area contributed by atoms with Crippen molar-refractivity contribution in [2.75, 3.05) is 10.8 Å². The topological polar surface area (TPSA) is 66.9 Å². The Morgan fingerprint density at radius 2 is 1.67 bits per heavy atom. The van der Waals surface area contributed by atoms with Crippen molar-refractivity contribution in [2.24, 2.45) is 0 Å². The quantitative estimate of drug-likeness (QED) is 0.670. The second-order valence-electron chi connectivity index (χ2n) is 7.56. The van der Waals surface area contributed by atoms with Crippen molar-refractivity contribution in [1.29, 1.82) is 0 Å². The first kappa shape index (κ1) is 21.9. The molecule has 30 heavy (non-hydrogen) atoms. The Bertz CT molecular complexity index is 1020. The van der Waals surface area contributed by atoms with Gasteiger partial charge in [0.15, 0.2) is 0 Å². The largest absolute Gasteiger partial charge is 0.516 e. The molecule has 0 spiro atoms. The standard InChI is InChI=1S/C20H21F3N2O4S/c1-19(2)14-24(18(26)29-19)13-16-10-6-7-11-17(16)25(30(27,28)20(21,22)23)12-15-8-4-3-5-9-15/h3-11H,12-14H2,1-2H3. The van der Waals surface area contributed by atoms with Crippen LogP contribution in [-0.4, -0.2) is 37.1 Å². The Balaban J connectivity index is 2.03. The van der Waals surface area contributed by atoms with E-state index in [1.54, 1.807) is 50.2 Å². The van der Waals surface area contributed by atoms with E-state index < -0.39 is 33.8 Å². The number of alkyl halides is 3. The first-order valence-electron chi connectivity index (χ1n) is 9.09. The van der Waals surface area contributed by atoms with Gasteiger partial charge in [-0.05, 0) is 31.0 Å². The number of rotatable bonds is 6. The van der Waals surface area contributed by atoms with Crippen molar-refractivity contribution in [3.63, 3.8) is 0 Å². The molecule has 1 heterocycles. The van der Waals surface area contributed by atoms with E-state index in [1.165, 1.54) is 23.1 Å². The van der Waals surface area contributed by atoms with E-state index in [4.69, 9.17) is 4.74 Å². The molecule has 0 aromatic heterocycles. The summed E-state index contributed by atoms with van der Waals surface area (Å²) < 4.78 is 70.8. The molecule has 162 valence electrons. The van der Waals surface area contributed by atoms with Crippen molar-refractivity contribution in [3.05, 3.63) is 65.7 Å². The zero-order valence-electron chi connectivity index (χ0n) is 16.4. The Kier molecular flexibility index (Phi) is 5.72. The van der Waals surface area contributed by atoms with Gasteiger partial charge in [-0.15, -0.1) is 0 Å². The normalized spacial score (nSPS) is 16.4. The lowest BCUT2D eigenvalue weighted by atomic mass is 10.1. The number of hydrogen-bond donors (Lipinski definition) is 0. The SMILES string of the molecule is CC1(C)CN(Cc2ccccc2N(Cc2ccccc2)S(=O)(=O)C(F)(F)F)C(=O)O1. The number of anilines is 1. The van der Waals surface area contributed by atoms with Gasteiger partial charge in [0.25, 0.3) is 0 Å². The van der Waals surface area contributed by atoms with Gasteiger partial charge < -0.3 is 4.74 Å². The third kappa shape index (κ3) is 4.53. The van der Waals surface area contributed by atoms with Gasteiger partial charge in [-0.2, -0.15) is 21.6 Å². The zero-order chi connectivity index (χ0) is 22.2. The summed E-state index contributed by atoms with van der Waals surface area (Å²) in [6, 6.07) is 13.8. The molecule has 1 saturated heterocycles. The first-order chi connectivity index (χ1) is 13.9. The number of carbonyl (C=O) groups excluding carboxylic acids is 1. The van der Waals surface area contributed by atoms with E-state index in [1.807, 2.05) is 0 Å². The molecule has 2 aromatic carbocycles. The van der Waals surface area contributed by atoms with Crippen LogP contribution in [0.4, 0.5) is 23.7 Å². The summed E-state index contributed by atoms with van der Waals surface area (Å²) >= 11 is 0. The molecular weight excluding hydrogens is 421 g/mol. The number of cyclic esters (lactones) is 1. The van der Waals surface area contributed by atoms with E-state index in [0.29, 0.717) is 9.87 Å². The predicted molar refractivity (Wildman–Crippen MR) is 105 cm³/mol. The highest BCUT2D eigenvalue weighted by molar-refractivity contribution is 7.93. The Morgan fingerprint density at radius 3 is 2.23 bits per heavy atom. The zero-order valence-corrected chi connectivity index (χ0v) is 17.2. The first-order valence-corrected chi connectivity index (χ1v) is 10.5. The fourth-order valence-electron chi connectivity index (χ4n) is 3.25. The number of carbonyl (C=O) groups is 1. The fourth-order valence-corrected chi connectivity index (χ4v) is 4.25. The molecule has 0 radical (unpaired) electrons. The van der Waals surface area contributed by atoms with Crippen molar-refractivity contribution >= 4 is 21.8 Å². The Morgan fingerprint density at radius 1 is 1.07 bits per heavy atom. The molecule has 1 fully saturated rings. The van der Waals surface area contributed by atoms with Crippen LogP contribution in [0.5, 0.6) is 0 Å². The smallest absolute Gasteiger partial charge is 0.441 e. The van der Waals surface area contributed by atoms with Gasteiger partial charge in [0.1, 0.15) is 5.60 Å². The number of benzene rings is 2. The molecule has 2 aromatic rings. The summed E-state index contributed by atoms with van der Waals surface area (Å²) in [5.41, 5.74) is -5.72. The predicted octanol–water partition coefficient (Wildman–Crippen LogP) is 4.27. The van der Waals surface area contributed by atoms with Gasteiger partial charge in [0.2, 0.25) is 0 Å². The number of ether oxygens (including phenoxy) is 1. The molecule has 0 atom stereocenters. The minimum atomic E-state index is -5.68. The van der Waals surface area contributed by atoms with Crippen molar-refractivity contribution in [2.45, 2.75) is 38.0 Å². The van der Waals surface area contributed by atoms with Crippen LogP contribution in [0.1, 0.15) is 25.0 Å². The average Bonchev–Trinajstić information content (AvgIpc) is 2.91. The van der Waals surface area contributed by atoms with Gasteiger partial charge in [-0.25, -0.2) is 4.79 Å². The second-order valence-corrected chi connectivity index (χ2v) is 9.41. The van der Waals surface area contributed by atoms with E-state index in [9.17, 15) is 26.4 Å².